The van der Waals surface area contributed by atoms with Crippen LogP contribution in [0.25, 0.3) is 0 Å². The van der Waals surface area contributed by atoms with Gasteiger partial charge >= 0.3 is 5.97 Å². The lowest BCUT2D eigenvalue weighted by Gasteiger charge is -2.43. The number of hydrogen-bond donors (Lipinski definition) is 4. The Kier molecular flexibility index (Phi) is 11.5. The number of amides is 2. The van der Waals surface area contributed by atoms with E-state index in [1.165, 1.54) is 42.4 Å². The van der Waals surface area contributed by atoms with Crippen molar-refractivity contribution in [3.8, 4) is 17.2 Å². The van der Waals surface area contributed by atoms with E-state index in [-0.39, 0.29) is 71.9 Å². The zero-order valence-corrected chi connectivity index (χ0v) is 34.9. The summed E-state index contributed by atoms with van der Waals surface area (Å²) in [5.41, 5.74) is -1.97. The highest BCUT2D eigenvalue weighted by Gasteiger charge is 2.56. The van der Waals surface area contributed by atoms with E-state index in [2.05, 4.69) is 0 Å². The van der Waals surface area contributed by atoms with Gasteiger partial charge in [-0.25, -0.2) is 0 Å². The molecule has 6 aliphatic rings. The summed E-state index contributed by atoms with van der Waals surface area (Å²) in [5.74, 6) is -5.04. The molecular weight excluding hydrogens is 837 g/mol. The highest BCUT2D eigenvalue weighted by molar-refractivity contribution is 6.31. The number of rotatable bonds is 12. The molecule has 8 atom stereocenters. The summed E-state index contributed by atoms with van der Waals surface area (Å²) >= 11 is 0. The lowest BCUT2D eigenvalue weighted by atomic mass is 9.72. The quantitative estimate of drug-likeness (QED) is 0.0899. The second kappa shape index (κ2) is 16.9. The van der Waals surface area contributed by atoms with Crippen LogP contribution in [0.15, 0.2) is 54.6 Å². The Labute approximate surface area is 365 Å². The van der Waals surface area contributed by atoms with E-state index in [4.69, 9.17) is 28.4 Å². The zero-order chi connectivity index (χ0) is 45.2. The molecule has 0 bridgehead atoms. The number of ketones is 3. The molecule has 18 nitrogen and oxygen atoms in total. The number of imide groups is 1. The Balaban J connectivity index is 0.892. The average Bonchev–Trinajstić information content (AvgIpc) is 3.83. The second-order valence-electron chi connectivity index (χ2n) is 16.8. The first-order valence-corrected chi connectivity index (χ1v) is 21.1. The number of morpholine rings is 1. The van der Waals surface area contributed by atoms with Gasteiger partial charge < -0.3 is 48.8 Å². The maximum atomic E-state index is 14.1. The van der Waals surface area contributed by atoms with Crippen molar-refractivity contribution in [3.05, 3.63) is 99.1 Å². The standard InChI is InChI=1S/C46H46N2O16/c1-22-43-27(47-16-17-60-45(44(47)64-43)63-33(53)13-10-23-6-8-24(9-7-23)14-15-48-31(51)11-12-32(48)52)18-34(61-22)62-29-20-46(58,30(50)21-49)19-26-36(29)42(57)38-37(40(26)55)39(54)25-4-3-5-28(59-2)35(25)41(38)56/h3-9,11-12,22,27,29,34,43-45,49,55,57-58H,10,13-21H2,1-2H3/t22-,27-,29-,34-,43+,44+,45+,46-/m0/s1. The number of aromatic hydroxyl groups is 2. The number of carbonyl (C=O) groups excluding carboxylic acids is 6. The van der Waals surface area contributed by atoms with E-state index in [0.717, 1.165) is 11.1 Å². The van der Waals surface area contributed by atoms with E-state index >= 15 is 0 Å². The lowest BCUT2D eigenvalue weighted by Crippen LogP contribution is -2.55. The predicted octanol–water partition coefficient (Wildman–Crippen LogP) is 1.71. The van der Waals surface area contributed by atoms with Gasteiger partial charge in [0.2, 0.25) is 12.1 Å². The smallest absolute Gasteiger partial charge is 0.308 e. The van der Waals surface area contributed by atoms with Crippen LogP contribution in [-0.4, -0.2) is 141 Å². The van der Waals surface area contributed by atoms with E-state index in [1.807, 2.05) is 29.2 Å². The minimum atomic E-state index is -2.31. The highest BCUT2D eigenvalue weighted by atomic mass is 16.7. The first-order chi connectivity index (χ1) is 30.7. The van der Waals surface area contributed by atoms with Gasteiger partial charge in [0.15, 0.2) is 24.1 Å². The van der Waals surface area contributed by atoms with Crippen LogP contribution in [0.3, 0.4) is 0 Å². The van der Waals surface area contributed by atoms with Crippen molar-refractivity contribution in [3.63, 3.8) is 0 Å². The molecule has 18 heteroatoms. The van der Waals surface area contributed by atoms with Gasteiger partial charge in [-0.1, -0.05) is 36.4 Å². The third kappa shape index (κ3) is 7.47. The topological polar surface area (TPSA) is 245 Å². The molecule has 0 saturated carbocycles. The van der Waals surface area contributed by atoms with Crippen LogP contribution in [0.1, 0.15) is 86.4 Å². The van der Waals surface area contributed by atoms with Gasteiger partial charge in [0.05, 0.1) is 42.6 Å². The van der Waals surface area contributed by atoms with Gasteiger partial charge in [0.1, 0.15) is 35.6 Å². The van der Waals surface area contributed by atoms with Crippen molar-refractivity contribution in [2.75, 3.05) is 33.4 Å². The second-order valence-corrected chi connectivity index (χ2v) is 16.8. The van der Waals surface area contributed by atoms with Crippen LogP contribution in [0, 0.1) is 0 Å². The Morgan fingerprint density at radius 3 is 2.31 bits per heavy atom. The molecule has 4 heterocycles. The Morgan fingerprint density at radius 2 is 1.61 bits per heavy atom. The molecule has 3 saturated heterocycles. The summed E-state index contributed by atoms with van der Waals surface area (Å²) in [6.45, 7) is 1.59. The van der Waals surface area contributed by atoms with Crippen LogP contribution >= 0.6 is 0 Å². The van der Waals surface area contributed by atoms with Gasteiger partial charge in [-0.3, -0.25) is 38.6 Å². The molecule has 0 radical (unpaired) electrons. The largest absolute Gasteiger partial charge is 0.507 e. The summed E-state index contributed by atoms with van der Waals surface area (Å²) in [6, 6.07) is 11.5. The van der Waals surface area contributed by atoms with Crippen molar-refractivity contribution in [1.82, 2.24) is 9.80 Å². The number of nitrogens with zero attached hydrogens (tertiary/aromatic N) is 2. The number of phenolic OH excluding ortho intramolecular Hbond substituents is 2. The van der Waals surface area contributed by atoms with Crippen LogP contribution < -0.4 is 4.74 Å². The van der Waals surface area contributed by atoms with Crippen LogP contribution in [0.2, 0.25) is 0 Å². The molecule has 0 unspecified atom stereocenters. The number of esters is 1. The Bertz CT molecular complexity index is 2470. The van der Waals surface area contributed by atoms with E-state index in [1.54, 1.807) is 6.92 Å². The SMILES string of the molecule is COc1cccc2c1C(=O)c1c(O)c3c(c(O)c1C2=O)C[C@@](O)(C(=O)CO)C[C@@H]3O[C@H]1C[C@H]2[C@H](O[C@@H]3[C@@H](OC(=O)CCc4ccc(CCN5C(=O)C=CC5=O)cc4)OCCN32)[C@H](C)O1. The number of carbonyl (C=O) groups is 6. The number of methoxy groups -OCH3 is 1. The van der Waals surface area contributed by atoms with Crippen molar-refractivity contribution in [1.29, 1.82) is 0 Å². The summed E-state index contributed by atoms with van der Waals surface area (Å²) < 4.78 is 36.2. The average molecular weight is 883 g/mol. The molecule has 3 aromatic carbocycles. The monoisotopic (exact) mass is 882 g/mol. The molecule has 9 rings (SSSR count). The minimum absolute atomic E-state index is 0.0517. The molecule has 3 aromatic rings. The molecule has 4 aliphatic heterocycles. The molecule has 4 N–H and O–H groups in total. The van der Waals surface area contributed by atoms with Gasteiger partial charge in [0, 0.05) is 73.7 Å². The maximum Gasteiger partial charge on any atom is 0.308 e. The van der Waals surface area contributed by atoms with Gasteiger partial charge in [-0.05, 0) is 37.0 Å². The summed E-state index contributed by atoms with van der Waals surface area (Å²) in [6.07, 6.45) is -3.00. The van der Waals surface area contributed by atoms with E-state index in [9.17, 15) is 49.2 Å². The molecule has 64 heavy (non-hydrogen) atoms. The number of aliphatic hydroxyl groups is 2. The minimum Gasteiger partial charge on any atom is -0.507 e. The molecule has 2 amide bonds. The predicted molar refractivity (Wildman–Crippen MR) is 217 cm³/mol. The number of aryl methyl sites for hydroxylation is 1. The molecular formula is C46H46N2O16. The van der Waals surface area contributed by atoms with Crippen molar-refractivity contribution >= 4 is 35.1 Å². The first kappa shape index (κ1) is 43.4. The number of aliphatic hydroxyl groups excluding tert-OH is 1. The van der Waals surface area contributed by atoms with Crippen LogP contribution in [-0.2, 0) is 62.1 Å². The normalized spacial score (nSPS) is 28.3. The van der Waals surface area contributed by atoms with Gasteiger partial charge in [0.25, 0.3) is 11.8 Å². The highest BCUT2D eigenvalue weighted by Crippen LogP contribution is 2.53. The van der Waals surface area contributed by atoms with Crippen LogP contribution in [0.5, 0.6) is 17.2 Å². The third-order valence-electron chi connectivity index (χ3n) is 13.0. The fourth-order valence-corrected chi connectivity index (χ4v) is 9.80. The molecule has 3 fully saturated rings. The van der Waals surface area contributed by atoms with E-state index < -0.39 is 108 Å². The lowest BCUT2D eigenvalue weighted by molar-refractivity contribution is -0.257. The number of phenols is 2. The Morgan fingerprint density at radius 1 is 0.906 bits per heavy atom. The molecule has 336 valence electrons. The maximum absolute atomic E-state index is 14.1. The van der Waals surface area contributed by atoms with Crippen LogP contribution in [0.4, 0.5) is 0 Å². The zero-order valence-electron chi connectivity index (χ0n) is 34.9. The number of hydrogen-bond acceptors (Lipinski definition) is 17. The number of Topliss-reactive ketones (excluding diaryl/α,β-unsaturated/α-hetero) is 1. The van der Waals surface area contributed by atoms with Gasteiger partial charge in [-0.2, -0.15) is 0 Å². The fraction of sp³-hybridized carbons (Fsp3) is 0.435. The summed E-state index contributed by atoms with van der Waals surface area (Å²) in [4.78, 5) is 81.0. The number of fused-ring (bicyclic) bond motifs is 6. The molecule has 0 spiro atoms. The van der Waals surface area contributed by atoms with Crippen molar-refractivity contribution in [2.45, 2.75) is 94.2 Å². The summed E-state index contributed by atoms with van der Waals surface area (Å²) in [7, 11) is 1.32. The number of benzene rings is 3. The Hall–Kier alpha value is -5.86. The van der Waals surface area contributed by atoms with Crippen molar-refractivity contribution in [2.24, 2.45) is 0 Å². The fourth-order valence-electron chi connectivity index (χ4n) is 9.80. The third-order valence-corrected chi connectivity index (χ3v) is 13.0. The first-order valence-electron chi connectivity index (χ1n) is 21.1. The van der Waals surface area contributed by atoms with Crippen molar-refractivity contribution < 1.29 is 77.6 Å². The van der Waals surface area contributed by atoms with Gasteiger partial charge in [-0.15, -0.1) is 0 Å². The van der Waals surface area contributed by atoms with E-state index in [0.29, 0.717) is 19.4 Å². The molecule has 0 aromatic heterocycles. The molecule has 2 aliphatic carbocycles. The number of ether oxygens (including phenoxy) is 6. The summed E-state index contributed by atoms with van der Waals surface area (Å²) in [5, 5.41) is 45.2.